The van der Waals surface area contributed by atoms with Crippen molar-refractivity contribution < 1.29 is 0 Å². The fourth-order valence-electron chi connectivity index (χ4n) is 1.40. The Kier molecular flexibility index (Phi) is 3.43. The molecule has 1 aromatic carbocycles. The van der Waals surface area contributed by atoms with Gasteiger partial charge in [-0.2, -0.15) is 10.5 Å². The summed E-state index contributed by atoms with van der Waals surface area (Å²) in [4.78, 5) is 4.08. The van der Waals surface area contributed by atoms with Crippen LogP contribution in [-0.4, -0.2) is 4.98 Å². The Morgan fingerprint density at radius 1 is 1.11 bits per heavy atom. The summed E-state index contributed by atoms with van der Waals surface area (Å²) in [6, 6.07) is 14.0. The number of pyridine rings is 1. The Balaban J connectivity index is 2.27. The van der Waals surface area contributed by atoms with E-state index in [-0.39, 0.29) is 0 Å². The van der Waals surface area contributed by atoms with E-state index >= 15 is 0 Å². The summed E-state index contributed by atoms with van der Waals surface area (Å²) in [6.45, 7) is 0. The lowest BCUT2D eigenvalue weighted by Crippen LogP contribution is -1.95. The molecule has 0 aliphatic heterocycles. The molecule has 5 heteroatoms. The lowest BCUT2D eigenvalue weighted by molar-refractivity contribution is 1.25. The van der Waals surface area contributed by atoms with E-state index in [9.17, 15) is 0 Å². The highest BCUT2D eigenvalue weighted by atomic mass is 35.5. The number of nitriles is 2. The summed E-state index contributed by atoms with van der Waals surface area (Å²) in [5.74, 6) is 0.551. The number of nitrogens with one attached hydrogen (secondary N) is 1. The maximum Gasteiger partial charge on any atom is 0.142 e. The third kappa shape index (κ3) is 2.57. The van der Waals surface area contributed by atoms with Crippen molar-refractivity contribution in [3.05, 3.63) is 52.7 Å². The van der Waals surface area contributed by atoms with Gasteiger partial charge in [0.1, 0.15) is 23.7 Å². The standard InChI is InChI=1S/C13H7ClN4/c14-12-6-10(5-4-9(12)7-15)17-13-3-1-2-11(8-16)18-13/h1-6H,(H,17,18). The Morgan fingerprint density at radius 2 is 1.94 bits per heavy atom. The first-order valence-electron chi connectivity index (χ1n) is 5.07. The van der Waals surface area contributed by atoms with E-state index in [0.717, 1.165) is 0 Å². The van der Waals surface area contributed by atoms with Gasteiger partial charge in [-0.05, 0) is 30.3 Å². The molecule has 2 rings (SSSR count). The van der Waals surface area contributed by atoms with E-state index < -0.39 is 0 Å². The number of rotatable bonds is 2. The van der Waals surface area contributed by atoms with Crippen LogP contribution in [0.3, 0.4) is 0 Å². The van der Waals surface area contributed by atoms with Crippen molar-refractivity contribution in [1.82, 2.24) is 4.98 Å². The molecule has 4 nitrogen and oxygen atoms in total. The van der Waals surface area contributed by atoms with E-state index in [4.69, 9.17) is 22.1 Å². The molecule has 1 N–H and O–H groups in total. The van der Waals surface area contributed by atoms with Crippen molar-refractivity contribution in [2.75, 3.05) is 5.32 Å². The monoisotopic (exact) mass is 254 g/mol. The Morgan fingerprint density at radius 3 is 2.61 bits per heavy atom. The molecule has 18 heavy (non-hydrogen) atoms. The van der Waals surface area contributed by atoms with Crippen LogP contribution in [0.2, 0.25) is 5.02 Å². The van der Waals surface area contributed by atoms with Gasteiger partial charge >= 0.3 is 0 Å². The topological polar surface area (TPSA) is 72.5 Å². The second-order valence-corrected chi connectivity index (χ2v) is 3.86. The first kappa shape index (κ1) is 11.9. The maximum atomic E-state index is 8.76. The molecule has 0 aliphatic carbocycles. The van der Waals surface area contributed by atoms with Crippen LogP contribution >= 0.6 is 11.6 Å². The number of hydrogen-bond donors (Lipinski definition) is 1. The van der Waals surface area contributed by atoms with Crippen LogP contribution in [0.25, 0.3) is 0 Å². The predicted octanol–water partition coefficient (Wildman–Crippen LogP) is 3.22. The second-order valence-electron chi connectivity index (χ2n) is 3.45. The summed E-state index contributed by atoms with van der Waals surface area (Å²) in [6.07, 6.45) is 0. The van der Waals surface area contributed by atoms with E-state index in [1.54, 1.807) is 36.4 Å². The lowest BCUT2D eigenvalue weighted by Gasteiger charge is -2.06. The van der Waals surface area contributed by atoms with Crippen molar-refractivity contribution in [2.45, 2.75) is 0 Å². The van der Waals surface area contributed by atoms with Crippen molar-refractivity contribution in [1.29, 1.82) is 10.5 Å². The maximum absolute atomic E-state index is 8.76. The quantitative estimate of drug-likeness (QED) is 0.893. The van der Waals surface area contributed by atoms with Crippen molar-refractivity contribution >= 4 is 23.1 Å². The number of aromatic nitrogens is 1. The molecule has 0 saturated heterocycles. The first-order chi connectivity index (χ1) is 8.72. The van der Waals surface area contributed by atoms with Gasteiger partial charge in [0.25, 0.3) is 0 Å². The summed E-state index contributed by atoms with van der Waals surface area (Å²) >= 11 is 5.92. The van der Waals surface area contributed by atoms with Gasteiger partial charge in [0.15, 0.2) is 0 Å². The largest absolute Gasteiger partial charge is 0.340 e. The highest BCUT2D eigenvalue weighted by Crippen LogP contribution is 2.22. The molecule has 1 aromatic heterocycles. The summed E-state index contributed by atoms with van der Waals surface area (Å²) in [5.41, 5.74) is 1.46. The number of nitrogens with zero attached hydrogens (tertiary/aromatic N) is 3. The molecular formula is C13H7ClN4. The average Bonchev–Trinajstić information content (AvgIpc) is 2.39. The molecule has 1 heterocycles. The Bertz CT molecular complexity index is 667. The molecular weight excluding hydrogens is 248 g/mol. The molecule has 0 unspecified atom stereocenters. The van der Waals surface area contributed by atoms with Crippen LogP contribution in [0.4, 0.5) is 11.5 Å². The molecule has 0 amide bonds. The fourth-order valence-corrected chi connectivity index (χ4v) is 1.62. The summed E-state index contributed by atoms with van der Waals surface area (Å²) in [7, 11) is 0. The zero-order chi connectivity index (χ0) is 13.0. The summed E-state index contributed by atoms with van der Waals surface area (Å²) in [5, 5.41) is 20.9. The van der Waals surface area contributed by atoms with Gasteiger partial charge in [-0.1, -0.05) is 17.7 Å². The minimum atomic E-state index is 0.333. The van der Waals surface area contributed by atoms with Crippen LogP contribution in [0.5, 0.6) is 0 Å². The molecule has 0 radical (unpaired) electrons. The zero-order valence-electron chi connectivity index (χ0n) is 9.18. The molecule has 86 valence electrons. The molecule has 0 aliphatic rings. The average molecular weight is 255 g/mol. The lowest BCUT2D eigenvalue weighted by atomic mass is 10.2. The number of anilines is 2. The van der Waals surface area contributed by atoms with Gasteiger partial charge < -0.3 is 5.32 Å². The summed E-state index contributed by atoms with van der Waals surface area (Å²) < 4.78 is 0. The first-order valence-corrected chi connectivity index (χ1v) is 5.44. The molecule has 2 aromatic rings. The SMILES string of the molecule is N#Cc1cccc(Nc2ccc(C#N)c(Cl)c2)n1. The minimum Gasteiger partial charge on any atom is -0.340 e. The Labute approximate surface area is 109 Å². The molecule has 0 saturated carbocycles. The van der Waals surface area contributed by atoms with Gasteiger partial charge in [0, 0.05) is 5.69 Å². The molecule has 0 spiro atoms. The molecule has 0 bridgehead atoms. The van der Waals surface area contributed by atoms with Gasteiger partial charge in [-0.25, -0.2) is 4.98 Å². The number of benzene rings is 1. The fraction of sp³-hybridized carbons (Fsp3) is 0. The predicted molar refractivity (Wildman–Crippen MR) is 68.4 cm³/mol. The van der Waals surface area contributed by atoms with E-state index in [0.29, 0.717) is 27.8 Å². The van der Waals surface area contributed by atoms with Crippen molar-refractivity contribution in [3.63, 3.8) is 0 Å². The van der Waals surface area contributed by atoms with Gasteiger partial charge in [0.05, 0.1) is 10.6 Å². The third-order valence-corrected chi connectivity index (χ3v) is 2.54. The highest BCUT2D eigenvalue weighted by Gasteiger charge is 2.02. The smallest absolute Gasteiger partial charge is 0.142 e. The van der Waals surface area contributed by atoms with Crippen LogP contribution < -0.4 is 5.32 Å². The third-order valence-electron chi connectivity index (χ3n) is 2.23. The zero-order valence-corrected chi connectivity index (χ0v) is 9.94. The number of halogens is 1. The molecule has 0 atom stereocenters. The van der Waals surface area contributed by atoms with E-state index in [1.807, 2.05) is 12.1 Å². The van der Waals surface area contributed by atoms with E-state index in [2.05, 4.69) is 10.3 Å². The van der Waals surface area contributed by atoms with Crippen LogP contribution in [0.1, 0.15) is 11.3 Å². The van der Waals surface area contributed by atoms with E-state index in [1.165, 1.54) is 0 Å². The van der Waals surface area contributed by atoms with Crippen molar-refractivity contribution in [2.24, 2.45) is 0 Å². The van der Waals surface area contributed by atoms with Crippen LogP contribution in [0.15, 0.2) is 36.4 Å². The Hall–Kier alpha value is -2.56. The minimum absolute atomic E-state index is 0.333. The van der Waals surface area contributed by atoms with Crippen molar-refractivity contribution in [3.8, 4) is 12.1 Å². The van der Waals surface area contributed by atoms with Gasteiger partial charge in [0.2, 0.25) is 0 Å². The molecule has 0 fully saturated rings. The van der Waals surface area contributed by atoms with Crippen LogP contribution in [-0.2, 0) is 0 Å². The highest BCUT2D eigenvalue weighted by molar-refractivity contribution is 6.32. The second kappa shape index (κ2) is 5.18. The normalized spacial score (nSPS) is 9.28. The van der Waals surface area contributed by atoms with Crippen LogP contribution in [0, 0.1) is 22.7 Å². The van der Waals surface area contributed by atoms with Gasteiger partial charge in [-0.3, -0.25) is 0 Å². The number of hydrogen-bond acceptors (Lipinski definition) is 4. The van der Waals surface area contributed by atoms with Gasteiger partial charge in [-0.15, -0.1) is 0 Å².